The average molecular weight is 781 g/mol. The Kier molecular flexibility index (Phi) is 15.9. The van der Waals surface area contributed by atoms with E-state index in [0.29, 0.717) is 22.3 Å². The van der Waals surface area contributed by atoms with Crippen molar-refractivity contribution in [1.29, 1.82) is 0 Å². The Morgan fingerprint density at radius 1 is 0.463 bits per heavy atom. The summed E-state index contributed by atoms with van der Waals surface area (Å²) >= 11 is 0. The molecule has 0 fully saturated rings. The molecule has 4 aromatic carbocycles. The van der Waals surface area contributed by atoms with Gasteiger partial charge >= 0.3 is 11.9 Å². The number of hydrogen-bond acceptors (Lipinski definition) is 12. The Labute approximate surface area is 315 Å². The molecule has 0 saturated carbocycles. The van der Waals surface area contributed by atoms with Gasteiger partial charge in [0.2, 0.25) is 20.0 Å². The molecule has 54 heavy (non-hydrogen) atoms. The molecule has 0 spiro atoms. The maximum absolute atomic E-state index is 12.2. The molecule has 4 N–H and O–H groups in total. The minimum atomic E-state index is -3.47. The van der Waals surface area contributed by atoms with Crippen LogP contribution in [-0.4, -0.2) is 88.8 Å². The van der Waals surface area contributed by atoms with Crippen LogP contribution in [0.15, 0.2) is 97.1 Å². The van der Waals surface area contributed by atoms with E-state index in [1.807, 2.05) is 0 Å². The average Bonchev–Trinajstić information content (AvgIpc) is 3.16. The Hall–Kier alpha value is -5.10. The standard InChI is InChI=1S/C19H23N3O4S.C19H21NO6S/c1-27(25,26)22(12-14-2-6-16(7-3-14)18(23)10-20)13-15-4-8-17(9-5-15)19(24)11-21;1-25-18(21)16-8-4-14(5-9-16)12-20(27(3,23)24)13-15-6-10-17(11-7-15)19(22)26-2/h2-9H,10-13,20-21H2,1H3;4-11H,12-13H2,1-3H3. The predicted octanol–water partition coefficient (Wildman–Crippen LogP) is 3.15. The minimum absolute atomic E-state index is 0.0720. The van der Waals surface area contributed by atoms with Crippen molar-refractivity contribution >= 4 is 43.6 Å². The van der Waals surface area contributed by atoms with Crippen LogP contribution in [0.1, 0.15) is 63.7 Å². The highest BCUT2D eigenvalue weighted by atomic mass is 32.2. The van der Waals surface area contributed by atoms with Crippen LogP contribution in [0.4, 0.5) is 0 Å². The maximum atomic E-state index is 12.2. The number of sulfonamides is 2. The fourth-order valence-corrected chi connectivity index (χ4v) is 6.49. The molecular formula is C38H44N4O10S2. The number of ether oxygens (including phenoxy) is 2. The first kappa shape index (κ1) is 43.3. The van der Waals surface area contributed by atoms with Crippen molar-refractivity contribution in [3.05, 3.63) is 142 Å². The molecule has 0 saturated heterocycles. The minimum Gasteiger partial charge on any atom is -0.465 e. The zero-order valence-electron chi connectivity index (χ0n) is 30.4. The lowest BCUT2D eigenvalue weighted by Crippen LogP contribution is -2.29. The third-order valence-corrected chi connectivity index (χ3v) is 10.4. The third-order valence-electron chi connectivity index (χ3n) is 8.05. The van der Waals surface area contributed by atoms with E-state index in [-0.39, 0.29) is 50.8 Å². The van der Waals surface area contributed by atoms with Crippen molar-refractivity contribution in [2.24, 2.45) is 11.5 Å². The molecule has 4 rings (SSSR count). The van der Waals surface area contributed by atoms with E-state index in [2.05, 4.69) is 9.47 Å². The smallest absolute Gasteiger partial charge is 0.337 e. The van der Waals surface area contributed by atoms with Crippen LogP contribution in [0.25, 0.3) is 0 Å². The van der Waals surface area contributed by atoms with E-state index in [1.54, 1.807) is 97.1 Å². The molecule has 14 nitrogen and oxygen atoms in total. The molecule has 0 heterocycles. The highest BCUT2D eigenvalue weighted by molar-refractivity contribution is 7.88. The largest absolute Gasteiger partial charge is 0.465 e. The Balaban J connectivity index is 0.000000290. The third kappa shape index (κ3) is 13.1. The number of rotatable bonds is 16. The second-order valence-electron chi connectivity index (χ2n) is 12.1. The van der Waals surface area contributed by atoms with E-state index in [1.165, 1.54) is 22.8 Å². The molecule has 0 aromatic heterocycles. The van der Waals surface area contributed by atoms with Gasteiger partial charge in [-0.15, -0.1) is 0 Å². The lowest BCUT2D eigenvalue weighted by Gasteiger charge is -2.20. The van der Waals surface area contributed by atoms with Gasteiger partial charge in [-0.3, -0.25) is 9.59 Å². The number of methoxy groups -OCH3 is 2. The van der Waals surface area contributed by atoms with Crippen LogP contribution in [0.5, 0.6) is 0 Å². The summed E-state index contributed by atoms with van der Waals surface area (Å²) in [5.74, 6) is -1.25. The van der Waals surface area contributed by atoms with Crippen LogP contribution in [-0.2, 0) is 55.7 Å². The van der Waals surface area contributed by atoms with Crippen LogP contribution in [0.3, 0.4) is 0 Å². The summed E-state index contributed by atoms with van der Waals surface area (Å²) in [6.07, 6.45) is 2.28. The van der Waals surface area contributed by atoms with Gasteiger partial charge in [0, 0.05) is 37.3 Å². The van der Waals surface area contributed by atoms with Gasteiger partial charge in [0.1, 0.15) is 0 Å². The summed E-state index contributed by atoms with van der Waals surface area (Å²) in [7, 11) is -4.34. The summed E-state index contributed by atoms with van der Waals surface area (Å²) < 4.78 is 60.6. The van der Waals surface area contributed by atoms with Gasteiger partial charge in [-0.25, -0.2) is 26.4 Å². The zero-order chi connectivity index (χ0) is 40.1. The predicted molar refractivity (Wildman–Crippen MR) is 203 cm³/mol. The van der Waals surface area contributed by atoms with Gasteiger partial charge in [0.25, 0.3) is 0 Å². The molecule has 0 aliphatic carbocycles. The van der Waals surface area contributed by atoms with Gasteiger partial charge in [0.15, 0.2) is 11.6 Å². The van der Waals surface area contributed by atoms with Crippen molar-refractivity contribution in [2.75, 3.05) is 39.8 Å². The number of esters is 2. The molecular weight excluding hydrogens is 737 g/mol. The van der Waals surface area contributed by atoms with Crippen molar-refractivity contribution in [1.82, 2.24) is 8.61 Å². The van der Waals surface area contributed by atoms with Crippen molar-refractivity contribution in [3.8, 4) is 0 Å². The van der Waals surface area contributed by atoms with Crippen molar-refractivity contribution in [2.45, 2.75) is 26.2 Å². The van der Waals surface area contributed by atoms with Crippen LogP contribution in [0, 0.1) is 0 Å². The molecule has 288 valence electrons. The second kappa shape index (κ2) is 19.8. The number of carbonyl (C=O) groups excluding carboxylic acids is 4. The van der Waals surface area contributed by atoms with E-state index < -0.39 is 32.0 Å². The number of carbonyl (C=O) groups is 4. The first-order chi connectivity index (χ1) is 25.5. The molecule has 0 bridgehead atoms. The Morgan fingerprint density at radius 3 is 0.870 bits per heavy atom. The normalized spacial score (nSPS) is 11.4. The van der Waals surface area contributed by atoms with Crippen LogP contribution >= 0.6 is 0 Å². The number of Topliss-reactive ketones (excluding diaryl/α,β-unsaturated/α-hetero) is 2. The van der Waals surface area contributed by atoms with E-state index >= 15 is 0 Å². The molecule has 0 aliphatic heterocycles. The molecule has 0 atom stereocenters. The molecule has 16 heteroatoms. The van der Waals surface area contributed by atoms with Gasteiger partial charge < -0.3 is 20.9 Å². The first-order valence-electron chi connectivity index (χ1n) is 16.4. The number of nitrogens with two attached hydrogens (primary N) is 2. The topological polar surface area (TPSA) is 214 Å². The van der Waals surface area contributed by atoms with Crippen molar-refractivity contribution in [3.63, 3.8) is 0 Å². The van der Waals surface area contributed by atoms with E-state index in [4.69, 9.17) is 11.5 Å². The van der Waals surface area contributed by atoms with E-state index in [0.717, 1.165) is 34.8 Å². The number of benzene rings is 4. The molecule has 0 unspecified atom stereocenters. The fraction of sp³-hybridized carbons (Fsp3) is 0.263. The zero-order valence-corrected chi connectivity index (χ0v) is 32.1. The van der Waals surface area contributed by atoms with Gasteiger partial charge in [-0.1, -0.05) is 72.8 Å². The highest BCUT2D eigenvalue weighted by Gasteiger charge is 2.20. The Bertz CT molecular complexity index is 1840. The quantitative estimate of drug-likeness (QED) is 0.124. The van der Waals surface area contributed by atoms with Crippen molar-refractivity contribution < 1.29 is 45.5 Å². The molecule has 4 aromatic rings. The molecule has 0 amide bonds. The number of hydrogen-bond donors (Lipinski definition) is 2. The summed E-state index contributed by atoms with van der Waals surface area (Å²) in [5, 5.41) is 0. The SMILES string of the molecule is COC(=O)c1ccc(CN(Cc2ccc(C(=O)OC)cc2)S(C)(=O)=O)cc1.CS(=O)(=O)N(Cc1ccc(C(=O)CN)cc1)Cc1ccc(C(=O)CN)cc1. The lowest BCUT2D eigenvalue weighted by atomic mass is 10.1. The monoisotopic (exact) mass is 780 g/mol. The molecule has 0 aliphatic rings. The van der Waals surface area contributed by atoms with E-state index in [9.17, 15) is 36.0 Å². The maximum Gasteiger partial charge on any atom is 0.337 e. The van der Waals surface area contributed by atoms with Crippen LogP contribution in [0.2, 0.25) is 0 Å². The summed E-state index contributed by atoms with van der Waals surface area (Å²) in [6, 6.07) is 26.5. The van der Waals surface area contributed by atoms with Gasteiger partial charge in [0.05, 0.1) is 50.9 Å². The second-order valence-corrected chi connectivity index (χ2v) is 16.1. The number of nitrogens with zero attached hydrogens (tertiary/aromatic N) is 2. The summed E-state index contributed by atoms with van der Waals surface area (Å²) in [4.78, 5) is 46.1. The molecule has 0 radical (unpaired) electrons. The Morgan fingerprint density at radius 2 is 0.685 bits per heavy atom. The number of ketones is 2. The van der Waals surface area contributed by atoms with Crippen LogP contribution < -0.4 is 11.5 Å². The van der Waals surface area contributed by atoms with Gasteiger partial charge in [-0.05, 0) is 46.5 Å². The first-order valence-corrected chi connectivity index (χ1v) is 20.1. The highest BCUT2D eigenvalue weighted by Crippen LogP contribution is 2.17. The fourth-order valence-electron chi connectivity index (χ4n) is 4.95. The lowest BCUT2D eigenvalue weighted by molar-refractivity contribution is 0.0592. The van der Waals surface area contributed by atoms with Gasteiger partial charge in [-0.2, -0.15) is 8.61 Å². The summed E-state index contributed by atoms with van der Waals surface area (Å²) in [5.41, 5.74) is 15.4. The summed E-state index contributed by atoms with van der Waals surface area (Å²) in [6.45, 7) is 0.492.